The van der Waals surface area contributed by atoms with E-state index in [0.717, 1.165) is 21.8 Å². The first kappa shape index (κ1) is 15.5. The van der Waals surface area contributed by atoms with Crippen LogP contribution in [0.2, 0.25) is 5.02 Å². The number of halogens is 1. The van der Waals surface area contributed by atoms with E-state index in [2.05, 4.69) is 5.32 Å². The van der Waals surface area contributed by atoms with Gasteiger partial charge in [-0.2, -0.15) is 0 Å². The maximum Gasteiger partial charge on any atom is 0.238 e. The van der Waals surface area contributed by atoms with E-state index >= 15 is 0 Å². The molecule has 0 saturated carbocycles. The van der Waals surface area contributed by atoms with Gasteiger partial charge in [-0.25, -0.2) is 0 Å². The highest BCUT2D eigenvalue weighted by Gasteiger charge is 2.09. The third-order valence-electron chi connectivity index (χ3n) is 3.11. The van der Waals surface area contributed by atoms with Crippen molar-refractivity contribution in [3.05, 3.63) is 64.7 Å². The molecular formula is C17H19ClN2O. The number of carbonyl (C=O) groups excluding carboxylic acids is 1. The van der Waals surface area contributed by atoms with E-state index in [1.807, 2.05) is 67.4 Å². The lowest BCUT2D eigenvalue weighted by molar-refractivity contribution is -0.117. The Hall–Kier alpha value is -1.84. The molecule has 0 heterocycles. The molecule has 2 aromatic carbocycles. The first-order valence-electron chi connectivity index (χ1n) is 6.83. The number of likely N-dealkylation sites (N-methyl/N-ethyl adjacent to an activating group) is 1. The zero-order chi connectivity index (χ0) is 15.2. The van der Waals surface area contributed by atoms with E-state index in [0.29, 0.717) is 13.1 Å². The molecule has 2 rings (SSSR count). The van der Waals surface area contributed by atoms with E-state index in [1.165, 1.54) is 0 Å². The molecule has 0 radical (unpaired) electrons. The van der Waals surface area contributed by atoms with Crippen molar-refractivity contribution in [1.82, 2.24) is 4.90 Å². The lowest BCUT2D eigenvalue weighted by atomic mass is 10.2. The second-order valence-corrected chi connectivity index (χ2v) is 5.59. The molecule has 21 heavy (non-hydrogen) atoms. The lowest BCUT2D eigenvalue weighted by Gasteiger charge is -2.17. The van der Waals surface area contributed by atoms with E-state index < -0.39 is 0 Å². The van der Waals surface area contributed by atoms with Gasteiger partial charge in [-0.05, 0) is 43.3 Å². The number of hydrogen-bond acceptors (Lipinski definition) is 2. The average Bonchev–Trinajstić information content (AvgIpc) is 2.41. The summed E-state index contributed by atoms with van der Waals surface area (Å²) in [7, 11) is 1.90. The van der Waals surface area contributed by atoms with Crippen molar-refractivity contribution in [2.45, 2.75) is 13.5 Å². The molecule has 0 saturated heterocycles. The monoisotopic (exact) mass is 302 g/mol. The van der Waals surface area contributed by atoms with Crippen LogP contribution in [0.3, 0.4) is 0 Å². The van der Waals surface area contributed by atoms with Crippen molar-refractivity contribution >= 4 is 23.2 Å². The van der Waals surface area contributed by atoms with Gasteiger partial charge in [0, 0.05) is 17.3 Å². The van der Waals surface area contributed by atoms with Gasteiger partial charge >= 0.3 is 0 Å². The maximum atomic E-state index is 12.0. The highest BCUT2D eigenvalue weighted by molar-refractivity contribution is 6.31. The van der Waals surface area contributed by atoms with Crippen LogP contribution in [-0.4, -0.2) is 24.4 Å². The number of benzene rings is 2. The molecule has 0 aromatic heterocycles. The summed E-state index contributed by atoms with van der Waals surface area (Å²) in [4.78, 5) is 14.0. The molecule has 0 spiro atoms. The standard InChI is InChI=1S/C17H19ClN2O/c1-13-6-5-8-15(10-13)19-17(21)12-20(2)11-14-7-3-4-9-16(14)18/h3-10H,11-12H2,1-2H3,(H,19,21). The van der Waals surface area contributed by atoms with Crippen molar-refractivity contribution in [1.29, 1.82) is 0 Å². The molecule has 0 aliphatic heterocycles. The van der Waals surface area contributed by atoms with Crippen LogP contribution in [-0.2, 0) is 11.3 Å². The SMILES string of the molecule is Cc1cccc(NC(=O)CN(C)Cc2ccccc2Cl)c1. The van der Waals surface area contributed by atoms with E-state index in [1.54, 1.807) is 0 Å². The van der Waals surface area contributed by atoms with Crippen LogP contribution in [0.25, 0.3) is 0 Å². The lowest BCUT2D eigenvalue weighted by Crippen LogP contribution is -2.29. The largest absolute Gasteiger partial charge is 0.325 e. The number of hydrogen-bond donors (Lipinski definition) is 1. The molecular weight excluding hydrogens is 284 g/mol. The quantitative estimate of drug-likeness (QED) is 0.913. The van der Waals surface area contributed by atoms with E-state index in [-0.39, 0.29) is 5.91 Å². The second-order valence-electron chi connectivity index (χ2n) is 5.18. The average molecular weight is 303 g/mol. The smallest absolute Gasteiger partial charge is 0.238 e. The minimum atomic E-state index is -0.0323. The molecule has 1 amide bonds. The summed E-state index contributed by atoms with van der Waals surface area (Å²) in [5.74, 6) is -0.0323. The van der Waals surface area contributed by atoms with Crippen LogP contribution in [0.4, 0.5) is 5.69 Å². The Morgan fingerprint density at radius 2 is 1.95 bits per heavy atom. The molecule has 0 aliphatic rings. The molecule has 2 aromatic rings. The Labute approximate surface area is 130 Å². The van der Waals surface area contributed by atoms with Crippen molar-refractivity contribution in [3.8, 4) is 0 Å². The number of amides is 1. The number of anilines is 1. The number of aryl methyl sites for hydroxylation is 1. The fourth-order valence-electron chi connectivity index (χ4n) is 2.14. The van der Waals surface area contributed by atoms with Gasteiger partial charge in [0.25, 0.3) is 0 Å². The van der Waals surface area contributed by atoms with E-state index in [9.17, 15) is 4.79 Å². The first-order valence-corrected chi connectivity index (χ1v) is 7.21. The molecule has 0 aliphatic carbocycles. The highest BCUT2D eigenvalue weighted by atomic mass is 35.5. The topological polar surface area (TPSA) is 32.3 Å². The zero-order valence-corrected chi connectivity index (χ0v) is 13.0. The molecule has 0 bridgehead atoms. The van der Waals surface area contributed by atoms with Crippen LogP contribution < -0.4 is 5.32 Å². The fraction of sp³-hybridized carbons (Fsp3) is 0.235. The summed E-state index contributed by atoms with van der Waals surface area (Å²) >= 11 is 6.12. The Morgan fingerprint density at radius 3 is 2.67 bits per heavy atom. The minimum absolute atomic E-state index is 0.0323. The zero-order valence-electron chi connectivity index (χ0n) is 12.3. The number of nitrogens with zero attached hydrogens (tertiary/aromatic N) is 1. The highest BCUT2D eigenvalue weighted by Crippen LogP contribution is 2.16. The third-order valence-corrected chi connectivity index (χ3v) is 3.48. The maximum absolute atomic E-state index is 12.0. The molecule has 0 unspecified atom stereocenters. The van der Waals surface area contributed by atoms with Gasteiger partial charge in [0.15, 0.2) is 0 Å². The number of rotatable bonds is 5. The predicted molar refractivity (Wildman–Crippen MR) is 87.6 cm³/mol. The minimum Gasteiger partial charge on any atom is -0.325 e. The summed E-state index contributed by atoms with van der Waals surface area (Å²) < 4.78 is 0. The van der Waals surface area contributed by atoms with Gasteiger partial charge in [-0.1, -0.05) is 41.9 Å². The summed E-state index contributed by atoms with van der Waals surface area (Å²) in [5, 5.41) is 3.63. The van der Waals surface area contributed by atoms with Gasteiger partial charge in [0.05, 0.1) is 6.54 Å². The summed E-state index contributed by atoms with van der Waals surface area (Å²) in [5.41, 5.74) is 2.97. The summed E-state index contributed by atoms with van der Waals surface area (Å²) in [6.07, 6.45) is 0. The molecule has 110 valence electrons. The number of carbonyl (C=O) groups is 1. The predicted octanol–water partition coefficient (Wildman–Crippen LogP) is 3.72. The summed E-state index contributed by atoms with van der Waals surface area (Å²) in [6.45, 7) is 2.96. The van der Waals surface area contributed by atoms with Gasteiger partial charge in [0.2, 0.25) is 5.91 Å². The Kier molecular flexibility index (Phi) is 5.37. The molecule has 0 atom stereocenters. The van der Waals surface area contributed by atoms with Crippen molar-refractivity contribution < 1.29 is 4.79 Å². The first-order chi connectivity index (χ1) is 10.0. The van der Waals surface area contributed by atoms with Crippen LogP contribution >= 0.6 is 11.6 Å². The molecule has 4 heteroatoms. The van der Waals surface area contributed by atoms with Crippen molar-refractivity contribution in [3.63, 3.8) is 0 Å². The molecule has 3 nitrogen and oxygen atoms in total. The van der Waals surface area contributed by atoms with Crippen molar-refractivity contribution in [2.24, 2.45) is 0 Å². The van der Waals surface area contributed by atoms with Gasteiger partial charge < -0.3 is 5.32 Å². The van der Waals surface area contributed by atoms with Crippen molar-refractivity contribution in [2.75, 3.05) is 18.9 Å². The number of nitrogens with one attached hydrogen (secondary N) is 1. The Morgan fingerprint density at radius 1 is 1.19 bits per heavy atom. The van der Waals surface area contributed by atoms with Gasteiger partial charge in [-0.3, -0.25) is 9.69 Å². The Bertz CT molecular complexity index is 628. The van der Waals surface area contributed by atoms with Gasteiger partial charge in [0.1, 0.15) is 0 Å². The van der Waals surface area contributed by atoms with E-state index in [4.69, 9.17) is 11.6 Å². The summed E-state index contributed by atoms with van der Waals surface area (Å²) in [6, 6.07) is 15.4. The van der Waals surface area contributed by atoms with Crippen LogP contribution in [0.15, 0.2) is 48.5 Å². The van der Waals surface area contributed by atoms with Gasteiger partial charge in [-0.15, -0.1) is 0 Å². The second kappa shape index (κ2) is 7.25. The normalized spacial score (nSPS) is 10.7. The van der Waals surface area contributed by atoms with Crippen LogP contribution in [0.1, 0.15) is 11.1 Å². The molecule has 1 N–H and O–H groups in total. The molecule has 0 fully saturated rings. The fourth-order valence-corrected chi connectivity index (χ4v) is 2.34. The van der Waals surface area contributed by atoms with Crippen LogP contribution in [0, 0.1) is 6.92 Å². The van der Waals surface area contributed by atoms with Crippen LogP contribution in [0.5, 0.6) is 0 Å². The Balaban J connectivity index is 1.89. The third kappa shape index (κ3) is 4.88.